The van der Waals surface area contributed by atoms with Gasteiger partial charge in [-0.1, -0.05) is 0 Å². The molecule has 1 aliphatic heterocycles. The number of hydrogen-bond donors (Lipinski definition) is 1. The summed E-state index contributed by atoms with van der Waals surface area (Å²) in [7, 11) is 1.89. The first-order valence-electron chi connectivity index (χ1n) is 6.81. The van der Waals surface area contributed by atoms with Crippen LogP contribution >= 0.6 is 0 Å². The van der Waals surface area contributed by atoms with Crippen molar-refractivity contribution in [3.8, 4) is 0 Å². The maximum atomic E-state index is 11.2. The van der Waals surface area contributed by atoms with E-state index in [0.717, 1.165) is 47.4 Å². The highest BCUT2D eigenvalue weighted by atomic mass is 16.1. The highest BCUT2D eigenvalue weighted by Crippen LogP contribution is 2.28. The number of aldehydes is 1. The lowest BCUT2D eigenvalue weighted by Crippen LogP contribution is -2.32. The van der Waals surface area contributed by atoms with E-state index in [1.54, 1.807) is 6.33 Å². The quantitative estimate of drug-likeness (QED) is 0.711. The number of nitrogens with zero attached hydrogens (tertiary/aromatic N) is 5. The van der Waals surface area contributed by atoms with Crippen molar-refractivity contribution in [3.05, 3.63) is 35.5 Å². The molecule has 0 amide bonds. The van der Waals surface area contributed by atoms with E-state index in [0.29, 0.717) is 12.2 Å². The molecule has 0 aliphatic carbocycles. The van der Waals surface area contributed by atoms with Gasteiger partial charge in [0.1, 0.15) is 23.5 Å². The number of rotatable bonds is 2. The number of aryl methyl sites for hydroxylation is 1. The first kappa shape index (κ1) is 12.1. The van der Waals surface area contributed by atoms with E-state index in [-0.39, 0.29) is 0 Å². The van der Waals surface area contributed by atoms with Crippen LogP contribution in [0.25, 0.3) is 11.0 Å². The largest absolute Gasteiger partial charge is 0.351 e. The minimum absolute atomic E-state index is 0.525. The second-order valence-electron chi connectivity index (χ2n) is 5.16. The summed E-state index contributed by atoms with van der Waals surface area (Å²) in [5, 5.41) is 5.27. The fourth-order valence-electron chi connectivity index (χ4n) is 3.01. The lowest BCUT2D eigenvalue weighted by atomic mass is 10.1. The normalized spacial score (nSPS) is 14.4. The van der Waals surface area contributed by atoms with Crippen LogP contribution in [0.5, 0.6) is 0 Å². The first-order chi connectivity index (χ1) is 10.3. The standard InChI is InChI=1S/C14H14N6O/c1-19-12-3-5-20(6-10(12)11(7-21)18-19)14-9-2-4-15-13(9)16-8-17-14/h2,4,7-8H,3,5-6H2,1H3,(H,15,16,17). The van der Waals surface area contributed by atoms with Crippen LogP contribution in [0, 0.1) is 0 Å². The van der Waals surface area contributed by atoms with Gasteiger partial charge in [-0.2, -0.15) is 5.10 Å². The van der Waals surface area contributed by atoms with Crippen molar-refractivity contribution < 1.29 is 4.79 Å². The predicted octanol–water partition coefficient (Wildman–Crippen LogP) is 1.07. The van der Waals surface area contributed by atoms with Crippen LogP contribution < -0.4 is 4.90 Å². The zero-order chi connectivity index (χ0) is 14.4. The molecule has 0 atom stereocenters. The highest BCUT2D eigenvalue weighted by Gasteiger charge is 2.25. The van der Waals surface area contributed by atoms with Gasteiger partial charge in [0.15, 0.2) is 6.29 Å². The molecule has 0 spiro atoms. The van der Waals surface area contributed by atoms with Gasteiger partial charge in [-0.3, -0.25) is 9.48 Å². The van der Waals surface area contributed by atoms with E-state index < -0.39 is 0 Å². The second-order valence-corrected chi connectivity index (χ2v) is 5.16. The van der Waals surface area contributed by atoms with Crippen LogP contribution in [-0.4, -0.2) is 37.6 Å². The maximum Gasteiger partial charge on any atom is 0.170 e. The Morgan fingerprint density at radius 3 is 3.14 bits per heavy atom. The average molecular weight is 282 g/mol. The summed E-state index contributed by atoms with van der Waals surface area (Å²) in [4.78, 5) is 25.1. The van der Waals surface area contributed by atoms with E-state index >= 15 is 0 Å². The molecular formula is C14H14N6O. The Labute approximate surface area is 120 Å². The Morgan fingerprint density at radius 1 is 1.38 bits per heavy atom. The van der Waals surface area contributed by atoms with E-state index in [1.807, 2.05) is 24.0 Å². The van der Waals surface area contributed by atoms with Crippen molar-refractivity contribution in [2.75, 3.05) is 11.4 Å². The second kappa shape index (κ2) is 4.41. The lowest BCUT2D eigenvalue weighted by Gasteiger charge is -2.28. The number of carbonyl (C=O) groups excluding carboxylic acids is 1. The van der Waals surface area contributed by atoms with Crippen molar-refractivity contribution in [1.82, 2.24) is 24.7 Å². The molecule has 0 unspecified atom stereocenters. The topological polar surface area (TPSA) is 79.7 Å². The third-order valence-electron chi connectivity index (χ3n) is 4.02. The molecule has 0 aromatic carbocycles. The molecule has 0 saturated heterocycles. The average Bonchev–Trinajstić information content (AvgIpc) is 3.11. The summed E-state index contributed by atoms with van der Waals surface area (Å²) < 4.78 is 1.81. The molecule has 106 valence electrons. The molecule has 1 aliphatic rings. The monoisotopic (exact) mass is 282 g/mol. The number of nitrogens with one attached hydrogen (secondary N) is 1. The summed E-state index contributed by atoms with van der Waals surface area (Å²) in [6.07, 6.45) is 5.10. The van der Waals surface area contributed by atoms with Gasteiger partial charge in [0, 0.05) is 44.0 Å². The lowest BCUT2D eigenvalue weighted by molar-refractivity contribution is 0.111. The molecule has 7 heteroatoms. The van der Waals surface area contributed by atoms with E-state index in [4.69, 9.17) is 0 Å². The van der Waals surface area contributed by atoms with Gasteiger partial charge in [-0.25, -0.2) is 9.97 Å². The summed E-state index contributed by atoms with van der Waals surface area (Å²) >= 11 is 0. The molecular weight excluding hydrogens is 268 g/mol. The fraction of sp³-hybridized carbons (Fsp3) is 0.286. The Morgan fingerprint density at radius 2 is 2.29 bits per heavy atom. The minimum Gasteiger partial charge on any atom is -0.351 e. The van der Waals surface area contributed by atoms with Crippen LogP contribution in [0.2, 0.25) is 0 Å². The van der Waals surface area contributed by atoms with E-state index in [2.05, 4.69) is 25.0 Å². The number of hydrogen-bond acceptors (Lipinski definition) is 5. The van der Waals surface area contributed by atoms with Crippen molar-refractivity contribution in [1.29, 1.82) is 0 Å². The van der Waals surface area contributed by atoms with Gasteiger partial charge in [-0.05, 0) is 6.07 Å². The maximum absolute atomic E-state index is 11.2. The third kappa shape index (κ3) is 1.74. The van der Waals surface area contributed by atoms with Crippen molar-refractivity contribution in [2.24, 2.45) is 7.05 Å². The van der Waals surface area contributed by atoms with E-state index in [9.17, 15) is 4.79 Å². The van der Waals surface area contributed by atoms with E-state index in [1.165, 1.54) is 0 Å². The van der Waals surface area contributed by atoms with Gasteiger partial charge in [0.05, 0.1) is 5.39 Å². The van der Waals surface area contributed by atoms with Crippen LogP contribution in [0.4, 0.5) is 5.82 Å². The summed E-state index contributed by atoms with van der Waals surface area (Å²) in [6.45, 7) is 1.50. The molecule has 4 rings (SSSR count). The van der Waals surface area contributed by atoms with Gasteiger partial charge in [0.2, 0.25) is 0 Å². The molecule has 21 heavy (non-hydrogen) atoms. The third-order valence-corrected chi connectivity index (χ3v) is 4.02. The Bertz CT molecular complexity index is 833. The smallest absolute Gasteiger partial charge is 0.170 e. The van der Waals surface area contributed by atoms with Gasteiger partial charge < -0.3 is 9.88 Å². The SMILES string of the molecule is Cn1nc(C=O)c2c1CCN(c1ncnc3[nH]ccc13)C2. The molecule has 0 saturated carbocycles. The van der Waals surface area contributed by atoms with Crippen molar-refractivity contribution in [2.45, 2.75) is 13.0 Å². The van der Waals surface area contributed by atoms with Crippen LogP contribution in [0.3, 0.4) is 0 Å². The number of H-pyrrole nitrogens is 1. The van der Waals surface area contributed by atoms with Crippen molar-refractivity contribution >= 4 is 23.1 Å². The number of aromatic nitrogens is 5. The zero-order valence-corrected chi connectivity index (χ0v) is 11.6. The Kier molecular flexibility index (Phi) is 2.53. The summed E-state index contributed by atoms with van der Waals surface area (Å²) in [5.41, 5.74) is 3.48. The number of aromatic amines is 1. The number of anilines is 1. The molecule has 0 bridgehead atoms. The van der Waals surface area contributed by atoms with Crippen molar-refractivity contribution in [3.63, 3.8) is 0 Å². The number of fused-ring (bicyclic) bond motifs is 2. The van der Waals surface area contributed by atoms with Crippen LogP contribution in [-0.2, 0) is 20.0 Å². The Hall–Kier alpha value is -2.70. The molecule has 3 aromatic heterocycles. The number of carbonyl (C=O) groups is 1. The molecule has 0 fully saturated rings. The van der Waals surface area contributed by atoms with Gasteiger partial charge >= 0.3 is 0 Å². The summed E-state index contributed by atoms with van der Waals surface area (Å²) in [5.74, 6) is 0.896. The fourth-order valence-corrected chi connectivity index (χ4v) is 3.01. The minimum atomic E-state index is 0.525. The van der Waals surface area contributed by atoms with Gasteiger partial charge in [0.25, 0.3) is 0 Å². The zero-order valence-electron chi connectivity index (χ0n) is 11.6. The Balaban J connectivity index is 1.78. The molecule has 3 aromatic rings. The molecule has 0 radical (unpaired) electrons. The molecule has 4 heterocycles. The highest BCUT2D eigenvalue weighted by molar-refractivity contribution is 5.87. The summed E-state index contributed by atoms with van der Waals surface area (Å²) in [6, 6.07) is 1.98. The molecule has 1 N–H and O–H groups in total. The molecule has 7 nitrogen and oxygen atoms in total. The van der Waals surface area contributed by atoms with Crippen LogP contribution in [0.15, 0.2) is 18.6 Å². The predicted molar refractivity (Wildman–Crippen MR) is 77.2 cm³/mol. The van der Waals surface area contributed by atoms with Crippen LogP contribution in [0.1, 0.15) is 21.7 Å². The van der Waals surface area contributed by atoms with Gasteiger partial charge in [-0.15, -0.1) is 0 Å². The first-order valence-corrected chi connectivity index (χ1v) is 6.81.